The molecule has 0 atom stereocenters. The summed E-state index contributed by atoms with van der Waals surface area (Å²) < 4.78 is 75.6. The smallest absolute Gasteiger partial charge is 0.307 e. The zero-order chi connectivity index (χ0) is 19.5. The second-order valence-electron chi connectivity index (χ2n) is 5.13. The number of halogens is 6. The van der Waals surface area contributed by atoms with Crippen molar-refractivity contribution in [3.63, 3.8) is 0 Å². The Kier molecular flexibility index (Phi) is 5.74. The summed E-state index contributed by atoms with van der Waals surface area (Å²) in [5.41, 5.74) is -0.862. The van der Waals surface area contributed by atoms with Crippen LogP contribution >= 0.6 is 11.8 Å². The van der Waals surface area contributed by atoms with Crippen LogP contribution < -0.4 is 10.6 Å². The molecule has 0 unspecified atom stereocenters. The highest BCUT2D eigenvalue weighted by molar-refractivity contribution is 7.99. The number of hydrogen-bond donors (Lipinski definition) is 3. The van der Waals surface area contributed by atoms with E-state index in [2.05, 4.69) is 20.8 Å². The predicted octanol–water partition coefficient (Wildman–Crippen LogP) is 5.04. The van der Waals surface area contributed by atoms with Crippen LogP contribution in [0.25, 0.3) is 0 Å². The number of aromatic nitrogens is 2. The quantitative estimate of drug-likeness (QED) is 0.500. The molecule has 1 aromatic heterocycles. The molecule has 1 heterocycles. The number of rotatable bonds is 4. The second-order valence-corrected chi connectivity index (χ2v) is 6.15. The van der Waals surface area contributed by atoms with Crippen molar-refractivity contribution in [1.29, 1.82) is 0 Å². The number of anilines is 2. The number of amides is 2. The molecule has 0 saturated heterocycles. The lowest BCUT2D eigenvalue weighted by Crippen LogP contribution is -2.21. The Hall–Kier alpha value is -2.37. The Balaban J connectivity index is 2.22. The van der Waals surface area contributed by atoms with E-state index < -0.39 is 29.7 Å². The molecule has 0 radical (unpaired) electrons. The first kappa shape index (κ1) is 19.9. The Labute approximate surface area is 147 Å². The van der Waals surface area contributed by atoms with Crippen molar-refractivity contribution < 1.29 is 31.1 Å². The monoisotopic (exact) mass is 398 g/mol. The van der Waals surface area contributed by atoms with Crippen LogP contribution in [0.3, 0.4) is 0 Å². The van der Waals surface area contributed by atoms with E-state index >= 15 is 0 Å². The number of hydrogen-bond acceptors (Lipinski definition) is 3. The summed E-state index contributed by atoms with van der Waals surface area (Å²) in [5.74, 6) is -1.20. The normalized spacial score (nSPS) is 12.1. The van der Waals surface area contributed by atoms with E-state index in [1.165, 1.54) is 6.07 Å². The summed E-state index contributed by atoms with van der Waals surface area (Å²) in [6.07, 6.45) is -9.22. The van der Waals surface area contributed by atoms with Gasteiger partial charge in [0.2, 0.25) is 0 Å². The second kappa shape index (κ2) is 7.48. The van der Waals surface area contributed by atoms with Crippen molar-refractivity contribution >= 4 is 29.3 Å². The van der Waals surface area contributed by atoms with Crippen molar-refractivity contribution in [2.75, 3.05) is 16.4 Å². The minimum atomic E-state index is -4.71. The van der Waals surface area contributed by atoms with Crippen molar-refractivity contribution in [3.05, 3.63) is 35.5 Å². The van der Waals surface area contributed by atoms with E-state index in [0.29, 0.717) is 17.8 Å². The molecule has 142 valence electrons. The minimum Gasteiger partial charge on any atom is -0.307 e. The molecule has 5 nitrogen and oxygen atoms in total. The van der Waals surface area contributed by atoms with Crippen molar-refractivity contribution in [2.24, 2.45) is 0 Å². The fourth-order valence-corrected chi connectivity index (χ4v) is 2.59. The fraction of sp³-hybridized carbons (Fsp3) is 0.286. The molecule has 2 aromatic rings. The van der Waals surface area contributed by atoms with Crippen LogP contribution in [0.5, 0.6) is 0 Å². The molecule has 26 heavy (non-hydrogen) atoms. The number of carbonyl (C=O) groups is 1. The molecule has 0 aliphatic rings. The van der Waals surface area contributed by atoms with Crippen molar-refractivity contribution in [1.82, 2.24) is 10.2 Å². The fourth-order valence-electron chi connectivity index (χ4n) is 1.84. The predicted molar refractivity (Wildman–Crippen MR) is 84.2 cm³/mol. The summed E-state index contributed by atoms with van der Waals surface area (Å²) in [4.78, 5) is 11.8. The van der Waals surface area contributed by atoms with Gasteiger partial charge in [-0.2, -0.15) is 31.4 Å². The highest BCUT2D eigenvalue weighted by Crippen LogP contribution is 2.37. The standard InChI is InChI=1S/C14H12F6N4OS/c1-7-4-11(24-23-7)22-12(25)21-9-5-8(14(18,19)20)2-3-10(9)26-6-13(15,16)17/h2-5H,6H2,1H3,(H3,21,22,23,24,25). The van der Waals surface area contributed by atoms with E-state index in [1.54, 1.807) is 6.92 Å². The van der Waals surface area contributed by atoms with Gasteiger partial charge in [-0.1, -0.05) is 0 Å². The average molecular weight is 398 g/mol. The molecule has 0 aliphatic heterocycles. The number of thioether (sulfide) groups is 1. The summed E-state index contributed by atoms with van der Waals surface area (Å²) >= 11 is 0.269. The molecule has 12 heteroatoms. The van der Waals surface area contributed by atoms with Gasteiger partial charge in [-0.25, -0.2) is 4.79 Å². The molecular formula is C14H12F6N4OS. The lowest BCUT2D eigenvalue weighted by molar-refractivity contribution is -0.137. The lowest BCUT2D eigenvalue weighted by atomic mass is 10.2. The van der Waals surface area contributed by atoms with Gasteiger partial charge < -0.3 is 5.32 Å². The molecule has 2 amide bonds. The van der Waals surface area contributed by atoms with Crippen LogP contribution in [0, 0.1) is 6.92 Å². The van der Waals surface area contributed by atoms with Gasteiger partial charge in [-0.05, 0) is 25.1 Å². The zero-order valence-electron chi connectivity index (χ0n) is 13.0. The van der Waals surface area contributed by atoms with Crippen LogP contribution in [0.1, 0.15) is 11.3 Å². The first-order valence-electron chi connectivity index (χ1n) is 6.95. The molecule has 0 saturated carbocycles. The molecule has 0 fully saturated rings. The molecule has 3 N–H and O–H groups in total. The topological polar surface area (TPSA) is 69.8 Å². The van der Waals surface area contributed by atoms with E-state index in [0.717, 1.165) is 6.07 Å². The number of carbonyl (C=O) groups excluding carboxylic acids is 1. The van der Waals surface area contributed by atoms with Crippen LogP contribution in [-0.4, -0.2) is 28.2 Å². The van der Waals surface area contributed by atoms with Gasteiger partial charge in [0, 0.05) is 16.7 Å². The maximum atomic E-state index is 12.8. The molecule has 0 aliphatic carbocycles. The third-order valence-electron chi connectivity index (χ3n) is 2.89. The molecule has 0 bridgehead atoms. The van der Waals surface area contributed by atoms with E-state index in [9.17, 15) is 31.1 Å². The highest BCUT2D eigenvalue weighted by atomic mass is 32.2. The van der Waals surface area contributed by atoms with Gasteiger partial charge in [0.25, 0.3) is 0 Å². The number of urea groups is 1. The Bertz CT molecular complexity index is 786. The molecule has 2 rings (SSSR count). The van der Waals surface area contributed by atoms with Crippen LogP contribution in [-0.2, 0) is 6.18 Å². The summed E-state index contributed by atoms with van der Waals surface area (Å²) in [5, 5.41) is 10.6. The molecular weight excluding hydrogens is 386 g/mol. The van der Waals surface area contributed by atoms with E-state index in [-0.39, 0.29) is 28.2 Å². The van der Waals surface area contributed by atoms with Gasteiger partial charge in [-0.15, -0.1) is 11.8 Å². The maximum Gasteiger partial charge on any atom is 0.416 e. The summed E-state index contributed by atoms with van der Waals surface area (Å²) in [7, 11) is 0. The zero-order valence-corrected chi connectivity index (χ0v) is 13.9. The first-order chi connectivity index (χ1) is 11.9. The van der Waals surface area contributed by atoms with Crippen LogP contribution in [0.4, 0.5) is 42.6 Å². The van der Waals surface area contributed by atoms with Crippen LogP contribution in [0.2, 0.25) is 0 Å². The lowest BCUT2D eigenvalue weighted by Gasteiger charge is -2.15. The number of aromatic amines is 1. The first-order valence-corrected chi connectivity index (χ1v) is 7.93. The van der Waals surface area contributed by atoms with Crippen molar-refractivity contribution in [2.45, 2.75) is 24.2 Å². The number of H-pyrrole nitrogens is 1. The number of nitrogens with one attached hydrogen (secondary N) is 3. The van der Waals surface area contributed by atoms with Crippen molar-refractivity contribution in [3.8, 4) is 0 Å². The number of aryl methyl sites for hydroxylation is 1. The SMILES string of the molecule is Cc1cc(NC(=O)Nc2cc(C(F)(F)F)ccc2SCC(F)(F)F)n[nH]1. The van der Waals surface area contributed by atoms with Gasteiger partial charge in [0.1, 0.15) is 0 Å². The van der Waals surface area contributed by atoms with E-state index in [4.69, 9.17) is 0 Å². The maximum absolute atomic E-state index is 12.8. The highest BCUT2D eigenvalue weighted by Gasteiger charge is 2.32. The Morgan fingerprint density at radius 1 is 1.15 bits per heavy atom. The van der Waals surface area contributed by atoms with Gasteiger partial charge in [0.15, 0.2) is 5.82 Å². The molecule has 0 spiro atoms. The summed E-state index contributed by atoms with van der Waals surface area (Å²) in [6.45, 7) is 1.66. The third kappa shape index (κ3) is 5.86. The van der Waals surface area contributed by atoms with Gasteiger partial charge in [-0.3, -0.25) is 10.4 Å². The molecule has 1 aromatic carbocycles. The van der Waals surface area contributed by atoms with Crippen LogP contribution in [0.15, 0.2) is 29.2 Å². The third-order valence-corrected chi connectivity index (χ3v) is 4.03. The minimum absolute atomic E-state index is 0.108. The number of nitrogens with zero attached hydrogens (tertiary/aromatic N) is 1. The van der Waals surface area contributed by atoms with Gasteiger partial charge >= 0.3 is 18.4 Å². The van der Waals surface area contributed by atoms with Gasteiger partial charge in [0.05, 0.1) is 17.0 Å². The number of alkyl halides is 6. The Morgan fingerprint density at radius 2 is 1.85 bits per heavy atom. The van der Waals surface area contributed by atoms with E-state index in [1.807, 2.05) is 0 Å². The summed E-state index contributed by atoms with van der Waals surface area (Å²) in [6, 6.07) is 2.63. The largest absolute Gasteiger partial charge is 0.416 e. The number of benzene rings is 1. The average Bonchev–Trinajstić information content (AvgIpc) is 2.89. The Morgan fingerprint density at radius 3 is 2.38 bits per heavy atom.